The van der Waals surface area contributed by atoms with Crippen LogP contribution in [0.15, 0.2) is 10.6 Å². The number of amides is 1. The molecule has 0 aromatic carbocycles. The summed E-state index contributed by atoms with van der Waals surface area (Å²) in [5.74, 6) is -1.25. The van der Waals surface area contributed by atoms with Gasteiger partial charge in [0.1, 0.15) is 6.04 Å². The highest BCUT2D eigenvalue weighted by molar-refractivity contribution is 5.94. The number of ether oxygens (including phenoxy) is 1. The van der Waals surface area contributed by atoms with Crippen LogP contribution in [0.2, 0.25) is 0 Å². The van der Waals surface area contributed by atoms with Crippen molar-refractivity contribution in [3.05, 3.63) is 17.5 Å². The second-order valence-electron chi connectivity index (χ2n) is 6.50. The molecule has 1 atom stereocenters. The lowest BCUT2D eigenvalue weighted by Gasteiger charge is -2.21. The van der Waals surface area contributed by atoms with E-state index < -0.39 is 17.9 Å². The Morgan fingerprint density at radius 2 is 2.18 bits per heavy atom. The van der Waals surface area contributed by atoms with E-state index in [0.717, 1.165) is 18.5 Å². The Morgan fingerprint density at radius 3 is 2.73 bits per heavy atom. The fraction of sp³-hybridized carbons (Fsp3) is 0.667. The van der Waals surface area contributed by atoms with E-state index in [-0.39, 0.29) is 24.4 Å². The molecule has 0 bridgehead atoms. The molecule has 0 spiro atoms. The van der Waals surface area contributed by atoms with Crippen LogP contribution >= 0.6 is 0 Å². The minimum absolute atomic E-state index is 0.0462. The number of carbonyl (C=O) groups excluding carboxylic acids is 1. The lowest BCUT2D eigenvalue weighted by molar-refractivity contribution is -0.140. The van der Waals surface area contributed by atoms with Gasteiger partial charge in [-0.3, -0.25) is 4.79 Å². The molecule has 1 amide bonds. The van der Waals surface area contributed by atoms with Gasteiger partial charge in [-0.05, 0) is 33.6 Å². The van der Waals surface area contributed by atoms with Crippen LogP contribution in [-0.4, -0.2) is 40.4 Å². The third kappa shape index (κ3) is 4.84. The van der Waals surface area contributed by atoms with E-state index in [2.05, 4.69) is 10.5 Å². The van der Waals surface area contributed by atoms with Crippen molar-refractivity contribution >= 4 is 11.9 Å². The zero-order valence-corrected chi connectivity index (χ0v) is 13.1. The molecule has 1 aromatic heterocycles. The lowest BCUT2D eigenvalue weighted by atomic mass is 10.1. The minimum atomic E-state index is -1.10. The van der Waals surface area contributed by atoms with Gasteiger partial charge < -0.3 is 19.7 Å². The summed E-state index contributed by atoms with van der Waals surface area (Å²) >= 11 is 0. The fourth-order valence-corrected chi connectivity index (χ4v) is 1.94. The van der Waals surface area contributed by atoms with Crippen molar-refractivity contribution in [2.75, 3.05) is 6.61 Å². The molecule has 1 fully saturated rings. The Kier molecular flexibility index (Phi) is 4.85. The first kappa shape index (κ1) is 16.5. The molecule has 1 aliphatic rings. The van der Waals surface area contributed by atoms with Gasteiger partial charge in [0, 0.05) is 25.0 Å². The van der Waals surface area contributed by atoms with Crippen LogP contribution in [-0.2, 0) is 9.53 Å². The molecule has 1 saturated carbocycles. The molecule has 0 saturated heterocycles. The van der Waals surface area contributed by atoms with E-state index in [9.17, 15) is 14.7 Å². The molecule has 7 nitrogen and oxygen atoms in total. The largest absolute Gasteiger partial charge is 0.480 e. The Bertz CT molecular complexity index is 542. The van der Waals surface area contributed by atoms with Crippen molar-refractivity contribution in [2.45, 2.75) is 57.6 Å². The Hall–Kier alpha value is -1.89. The number of hydrogen-bond acceptors (Lipinski definition) is 5. The summed E-state index contributed by atoms with van der Waals surface area (Å²) in [6, 6.07) is 0.557. The van der Waals surface area contributed by atoms with E-state index >= 15 is 0 Å². The Morgan fingerprint density at radius 1 is 1.50 bits per heavy atom. The van der Waals surface area contributed by atoms with Crippen molar-refractivity contribution in [3.63, 3.8) is 0 Å². The van der Waals surface area contributed by atoms with Crippen LogP contribution in [0.1, 0.15) is 62.2 Å². The molecule has 22 heavy (non-hydrogen) atoms. The SMILES string of the molecule is CC(C)(C)OCCC(NC(=O)c1cc(C2CC2)no1)C(=O)O. The summed E-state index contributed by atoms with van der Waals surface area (Å²) in [6.07, 6.45) is 2.28. The van der Waals surface area contributed by atoms with Gasteiger partial charge in [0.05, 0.1) is 11.3 Å². The van der Waals surface area contributed by atoms with Crippen molar-refractivity contribution in [3.8, 4) is 0 Å². The van der Waals surface area contributed by atoms with Gasteiger partial charge in [0.25, 0.3) is 5.91 Å². The average molecular weight is 310 g/mol. The molecule has 1 aliphatic carbocycles. The van der Waals surface area contributed by atoms with E-state index in [4.69, 9.17) is 9.26 Å². The third-order valence-corrected chi connectivity index (χ3v) is 3.29. The number of hydrogen-bond donors (Lipinski definition) is 2. The number of nitrogens with one attached hydrogen (secondary N) is 1. The molecule has 0 radical (unpaired) electrons. The zero-order valence-electron chi connectivity index (χ0n) is 13.1. The highest BCUT2D eigenvalue weighted by Gasteiger charge is 2.29. The van der Waals surface area contributed by atoms with Crippen LogP contribution < -0.4 is 5.32 Å². The second-order valence-corrected chi connectivity index (χ2v) is 6.50. The first-order valence-electron chi connectivity index (χ1n) is 7.40. The Balaban J connectivity index is 1.88. The van der Waals surface area contributed by atoms with E-state index in [1.165, 1.54) is 0 Å². The molecule has 7 heteroatoms. The maximum atomic E-state index is 12.0. The maximum Gasteiger partial charge on any atom is 0.326 e. The smallest absolute Gasteiger partial charge is 0.326 e. The summed E-state index contributed by atoms with van der Waals surface area (Å²) in [5, 5.41) is 15.5. The summed E-state index contributed by atoms with van der Waals surface area (Å²) in [5.41, 5.74) is 0.407. The second kappa shape index (κ2) is 6.48. The molecule has 122 valence electrons. The van der Waals surface area contributed by atoms with Crippen LogP contribution in [0.4, 0.5) is 0 Å². The van der Waals surface area contributed by atoms with Gasteiger partial charge in [0.2, 0.25) is 5.76 Å². The minimum Gasteiger partial charge on any atom is -0.480 e. The van der Waals surface area contributed by atoms with Crippen molar-refractivity contribution in [1.82, 2.24) is 10.5 Å². The molecule has 1 unspecified atom stereocenters. The molecule has 1 aromatic rings. The highest BCUT2D eigenvalue weighted by Crippen LogP contribution is 2.39. The summed E-state index contributed by atoms with van der Waals surface area (Å²) < 4.78 is 10.5. The van der Waals surface area contributed by atoms with Gasteiger partial charge in [0.15, 0.2) is 0 Å². The van der Waals surface area contributed by atoms with Crippen molar-refractivity contribution in [1.29, 1.82) is 0 Å². The molecule has 2 rings (SSSR count). The maximum absolute atomic E-state index is 12.0. The predicted octanol–water partition coefficient (Wildman–Crippen LogP) is 1.94. The number of nitrogens with zero attached hydrogens (tertiary/aromatic N) is 1. The quantitative estimate of drug-likeness (QED) is 0.798. The summed E-state index contributed by atoms with van der Waals surface area (Å²) in [7, 11) is 0. The molecule has 1 heterocycles. The van der Waals surface area contributed by atoms with E-state index in [0.29, 0.717) is 5.92 Å². The average Bonchev–Trinajstić information content (AvgIpc) is 3.13. The first-order valence-corrected chi connectivity index (χ1v) is 7.40. The van der Waals surface area contributed by atoms with E-state index in [1.54, 1.807) is 6.07 Å². The normalized spacial score (nSPS) is 16.3. The molecule has 0 aliphatic heterocycles. The van der Waals surface area contributed by atoms with Gasteiger partial charge >= 0.3 is 5.97 Å². The monoisotopic (exact) mass is 310 g/mol. The van der Waals surface area contributed by atoms with Crippen LogP contribution in [0.25, 0.3) is 0 Å². The van der Waals surface area contributed by atoms with Gasteiger partial charge in [-0.1, -0.05) is 5.16 Å². The number of carboxylic acid groups (broad SMARTS) is 1. The standard InChI is InChI=1S/C15H22N2O5/c1-15(2,3)21-7-6-10(14(19)20)16-13(18)12-8-11(17-22-12)9-4-5-9/h8-10H,4-7H2,1-3H3,(H,16,18)(H,19,20). The number of rotatable bonds is 7. The number of aromatic nitrogens is 1. The first-order chi connectivity index (χ1) is 10.3. The number of aliphatic carboxylic acids is 1. The zero-order chi connectivity index (χ0) is 16.3. The van der Waals surface area contributed by atoms with Gasteiger partial charge in [-0.2, -0.15) is 0 Å². The van der Waals surface area contributed by atoms with Crippen LogP contribution in [0.5, 0.6) is 0 Å². The summed E-state index contributed by atoms with van der Waals surface area (Å²) in [6.45, 7) is 5.89. The van der Waals surface area contributed by atoms with Gasteiger partial charge in [-0.25, -0.2) is 4.79 Å². The summed E-state index contributed by atoms with van der Waals surface area (Å²) in [4.78, 5) is 23.3. The Labute approximate surface area is 129 Å². The lowest BCUT2D eigenvalue weighted by Crippen LogP contribution is -2.41. The van der Waals surface area contributed by atoms with E-state index in [1.807, 2.05) is 20.8 Å². The number of carbonyl (C=O) groups is 2. The molecular formula is C15H22N2O5. The van der Waals surface area contributed by atoms with Crippen molar-refractivity contribution in [2.24, 2.45) is 0 Å². The predicted molar refractivity (Wildman–Crippen MR) is 77.7 cm³/mol. The highest BCUT2D eigenvalue weighted by atomic mass is 16.5. The fourth-order valence-electron chi connectivity index (χ4n) is 1.94. The molecule has 2 N–H and O–H groups in total. The molecular weight excluding hydrogens is 288 g/mol. The number of carboxylic acids is 1. The third-order valence-electron chi connectivity index (χ3n) is 3.29. The van der Waals surface area contributed by atoms with Crippen molar-refractivity contribution < 1.29 is 24.0 Å². The van der Waals surface area contributed by atoms with Crippen LogP contribution in [0, 0.1) is 0 Å². The van der Waals surface area contributed by atoms with Crippen LogP contribution in [0.3, 0.4) is 0 Å². The van der Waals surface area contributed by atoms with Gasteiger partial charge in [-0.15, -0.1) is 0 Å². The topological polar surface area (TPSA) is 102 Å².